The number of halogens is 1. The smallest absolute Gasteiger partial charge is 0.159 e. The van der Waals surface area contributed by atoms with E-state index in [1.807, 2.05) is 19.1 Å². The predicted molar refractivity (Wildman–Crippen MR) is 58.8 cm³/mol. The van der Waals surface area contributed by atoms with Crippen molar-refractivity contribution < 1.29 is 4.79 Å². The molecule has 2 heteroatoms. The molecule has 0 amide bonds. The summed E-state index contributed by atoms with van der Waals surface area (Å²) in [5.41, 5.74) is 2.63. The highest BCUT2D eigenvalue weighted by atomic mass is 35.5. The van der Waals surface area contributed by atoms with Gasteiger partial charge in [0, 0.05) is 11.1 Å². The lowest BCUT2D eigenvalue weighted by Crippen LogP contribution is -1.94. The van der Waals surface area contributed by atoms with Crippen LogP contribution in [0.5, 0.6) is 0 Å². The topological polar surface area (TPSA) is 17.1 Å². The Balaban J connectivity index is 3.14. The maximum atomic E-state index is 11.1. The van der Waals surface area contributed by atoms with Crippen LogP contribution in [0.3, 0.4) is 0 Å². The molecule has 0 heterocycles. The van der Waals surface area contributed by atoms with Gasteiger partial charge in [-0.2, -0.15) is 0 Å². The number of carbonyl (C=O) groups excluding carboxylic acids is 1. The first kappa shape index (κ1) is 10.8. The van der Waals surface area contributed by atoms with E-state index < -0.39 is 0 Å². The summed E-state index contributed by atoms with van der Waals surface area (Å²) in [7, 11) is 0. The van der Waals surface area contributed by atoms with Gasteiger partial charge in [0.1, 0.15) is 0 Å². The van der Waals surface area contributed by atoms with E-state index in [0.29, 0.717) is 11.4 Å². The number of benzene rings is 1. The van der Waals surface area contributed by atoms with Crippen molar-refractivity contribution in [3.8, 4) is 11.8 Å². The first-order chi connectivity index (χ1) is 6.65. The fraction of sp³-hybridized carbons (Fsp3) is 0.250. The van der Waals surface area contributed by atoms with Gasteiger partial charge in [-0.25, -0.2) is 0 Å². The molecule has 0 N–H and O–H groups in total. The van der Waals surface area contributed by atoms with Crippen LogP contribution in [0.1, 0.15) is 28.4 Å². The number of carbonyl (C=O) groups is 1. The summed E-state index contributed by atoms with van der Waals surface area (Å²) in [4.78, 5) is 11.1. The summed E-state index contributed by atoms with van der Waals surface area (Å²) in [5, 5.41) is 0. The van der Waals surface area contributed by atoms with Crippen LogP contribution < -0.4 is 0 Å². The summed E-state index contributed by atoms with van der Waals surface area (Å²) < 4.78 is 0. The van der Waals surface area contributed by atoms with Crippen molar-refractivity contribution in [2.75, 3.05) is 5.88 Å². The molecule has 1 nitrogen and oxygen atoms in total. The van der Waals surface area contributed by atoms with Gasteiger partial charge in [0.05, 0.1) is 5.88 Å². The van der Waals surface area contributed by atoms with Crippen molar-refractivity contribution >= 4 is 17.4 Å². The number of aryl methyl sites for hydroxylation is 1. The fourth-order valence-corrected chi connectivity index (χ4v) is 1.17. The summed E-state index contributed by atoms with van der Waals surface area (Å²) in [5.74, 6) is 6.06. The summed E-state index contributed by atoms with van der Waals surface area (Å²) in [6, 6.07) is 5.51. The fourth-order valence-electron chi connectivity index (χ4n) is 1.10. The maximum Gasteiger partial charge on any atom is 0.159 e. The van der Waals surface area contributed by atoms with Gasteiger partial charge in [0.15, 0.2) is 5.78 Å². The van der Waals surface area contributed by atoms with E-state index >= 15 is 0 Å². The Labute approximate surface area is 89.1 Å². The van der Waals surface area contributed by atoms with E-state index in [0.717, 1.165) is 11.1 Å². The maximum absolute atomic E-state index is 11.1. The molecule has 0 aliphatic carbocycles. The Morgan fingerprint density at radius 2 is 2.21 bits per heavy atom. The molecule has 1 aromatic rings. The summed E-state index contributed by atoms with van der Waals surface area (Å²) in [6.07, 6.45) is 0. The molecule has 0 aliphatic heterocycles. The SMILES string of the molecule is CC(=O)c1ccc(C)c(C#CCCl)c1. The second kappa shape index (κ2) is 4.83. The molecule has 0 unspecified atom stereocenters. The number of hydrogen-bond donors (Lipinski definition) is 0. The molecular weight excluding hydrogens is 196 g/mol. The molecule has 0 saturated carbocycles. The summed E-state index contributed by atoms with van der Waals surface area (Å²) in [6.45, 7) is 3.51. The van der Waals surface area contributed by atoms with Crippen molar-refractivity contribution in [1.82, 2.24) is 0 Å². The van der Waals surface area contributed by atoms with Gasteiger partial charge in [-0.3, -0.25) is 4.79 Å². The molecule has 0 aromatic heterocycles. The van der Waals surface area contributed by atoms with E-state index in [4.69, 9.17) is 11.6 Å². The van der Waals surface area contributed by atoms with Gasteiger partial charge in [0.2, 0.25) is 0 Å². The van der Waals surface area contributed by atoms with Crippen LogP contribution in [0, 0.1) is 18.8 Å². The third-order valence-electron chi connectivity index (χ3n) is 1.93. The lowest BCUT2D eigenvalue weighted by molar-refractivity contribution is 0.101. The van der Waals surface area contributed by atoms with Crippen LogP contribution in [-0.2, 0) is 0 Å². The van der Waals surface area contributed by atoms with E-state index in [1.54, 1.807) is 13.0 Å². The van der Waals surface area contributed by atoms with Crippen LogP contribution in [0.25, 0.3) is 0 Å². The van der Waals surface area contributed by atoms with E-state index in [1.165, 1.54) is 0 Å². The molecular formula is C12H11ClO. The van der Waals surface area contributed by atoms with Gasteiger partial charge in [-0.15, -0.1) is 11.6 Å². The molecule has 1 rings (SSSR count). The predicted octanol–water partition coefficient (Wildman–Crippen LogP) is 2.79. The van der Waals surface area contributed by atoms with Crippen LogP contribution >= 0.6 is 11.6 Å². The zero-order chi connectivity index (χ0) is 10.6. The Morgan fingerprint density at radius 3 is 2.79 bits per heavy atom. The molecule has 0 radical (unpaired) electrons. The molecule has 0 saturated heterocycles. The van der Waals surface area contributed by atoms with Crippen molar-refractivity contribution in [2.24, 2.45) is 0 Å². The normalized spacial score (nSPS) is 9.07. The van der Waals surface area contributed by atoms with Crippen LogP contribution in [0.15, 0.2) is 18.2 Å². The first-order valence-corrected chi connectivity index (χ1v) is 4.85. The van der Waals surface area contributed by atoms with Crippen molar-refractivity contribution in [3.05, 3.63) is 34.9 Å². The molecule has 72 valence electrons. The number of hydrogen-bond acceptors (Lipinski definition) is 1. The molecule has 0 fully saturated rings. The van der Waals surface area contributed by atoms with Gasteiger partial charge >= 0.3 is 0 Å². The molecule has 14 heavy (non-hydrogen) atoms. The molecule has 1 aromatic carbocycles. The van der Waals surface area contributed by atoms with Crippen molar-refractivity contribution in [2.45, 2.75) is 13.8 Å². The third kappa shape index (κ3) is 2.61. The number of ketones is 1. The first-order valence-electron chi connectivity index (χ1n) is 4.31. The third-order valence-corrected chi connectivity index (χ3v) is 2.07. The zero-order valence-corrected chi connectivity index (χ0v) is 8.98. The number of alkyl halides is 1. The van der Waals surface area contributed by atoms with Crippen molar-refractivity contribution in [1.29, 1.82) is 0 Å². The highest BCUT2D eigenvalue weighted by Gasteiger charge is 2.01. The minimum absolute atomic E-state index is 0.0546. The Morgan fingerprint density at radius 1 is 1.50 bits per heavy atom. The minimum atomic E-state index is 0.0546. The lowest BCUT2D eigenvalue weighted by Gasteiger charge is -2.00. The summed E-state index contributed by atoms with van der Waals surface area (Å²) >= 11 is 5.47. The van der Waals surface area contributed by atoms with Gasteiger partial charge in [-0.05, 0) is 25.5 Å². The van der Waals surface area contributed by atoms with Crippen LogP contribution in [0.2, 0.25) is 0 Å². The molecule has 0 bridgehead atoms. The average molecular weight is 207 g/mol. The van der Waals surface area contributed by atoms with Crippen molar-refractivity contribution in [3.63, 3.8) is 0 Å². The zero-order valence-electron chi connectivity index (χ0n) is 8.23. The molecule has 0 spiro atoms. The second-order valence-corrected chi connectivity index (χ2v) is 3.29. The van der Waals surface area contributed by atoms with Gasteiger partial charge < -0.3 is 0 Å². The number of rotatable bonds is 1. The lowest BCUT2D eigenvalue weighted by atomic mass is 10.0. The van der Waals surface area contributed by atoms with E-state index in [9.17, 15) is 4.79 Å². The quantitative estimate of drug-likeness (QED) is 0.392. The highest BCUT2D eigenvalue weighted by molar-refractivity contribution is 6.19. The van der Waals surface area contributed by atoms with Crippen LogP contribution in [0.4, 0.5) is 0 Å². The molecule has 0 aliphatic rings. The Kier molecular flexibility index (Phi) is 3.73. The van der Waals surface area contributed by atoms with Gasteiger partial charge in [0.25, 0.3) is 0 Å². The monoisotopic (exact) mass is 206 g/mol. The standard InChI is InChI=1S/C12H11ClO/c1-9-5-6-12(10(2)14)8-11(9)4-3-7-13/h5-6,8H,7H2,1-2H3. The average Bonchev–Trinajstić information content (AvgIpc) is 2.16. The Bertz CT molecular complexity index is 410. The number of Topliss-reactive ketones (excluding diaryl/α,β-unsaturated/α-hetero) is 1. The highest BCUT2D eigenvalue weighted by Crippen LogP contribution is 2.10. The minimum Gasteiger partial charge on any atom is -0.295 e. The van der Waals surface area contributed by atoms with E-state index in [2.05, 4.69) is 11.8 Å². The van der Waals surface area contributed by atoms with Gasteiger partial charge in [-0.1, -0.05) is 24.0 Å². The molecule has 0 atom stereocenters. The second-order valence-electron chi connectivity index (χ2n) is 3.02. The largest absolute Gasteiger partial charge is 0.295 e. The Hall–Kier alpha value is -1.26. The van der Waals surface area contributed by atoms with Crippen LogP contribution in [-0.4, -0.2) is 11.7 Å². The van der Waals surface area contributed by atoms with E-state index in [-0.39, 0.29) is 5.78 Å².